The van der Waals surface area contributed by atoms with Crippen molar-refractivity contribution in [1.82, 2.24) is 10.2 Å². The molecule has 0 saturated heterocycles. The number of nitrogens with one attached hydrogen (secondary N) is 1. The fourth-order valence-corrected chi connectivity index (χ4v) is 1.79. The van der Waals surface area contributed by atoms with Crippen LogP contribution >= 0.6 is 15.9 Å². The van der Waals surface area contributed by atoms with Gasteiger partial charge in [0.15, 0.2) is 5.96 Å². The molecule has 0 radical (unpaired) electrons. The van der Waals surface area contributed by atoms with Gasteiger partial charge in [0, 0.05) is 24.6 Å². The van der Waals surface area contributed by atoms with Gasteiger partial charge in [-0.05, 0) is 24.6 Å². The Hall–Kier alpha value is -1.47. The molecule has 0 bridgehead atoms. The van der Waals surface area contributed by atoms with E-state index in [9.17, 15) is 0 Å². The molecule has 0 spiro atoms. The van der Waals surface area contributed by atoms with Crippen molar-refractivity contribution in [3.63, 3.8) is 0 Å². The summed E-state index contributed by atoms with van der Waals surface area (Å²) in [4.78, 5) is 6.39. The van der Waals surface area contributed by atoms with Crippen LogP contribution in [0.4, 0.5) is 0 Å². The Labute approximate surface area is 117 Å². The summed E-state index contributed by atoms with van der Waals surface area (Å²) in [7, 11) is 2.00. The van der Waals surface area contributed by atoms with Crippen LogP contribution in [-0.4, -0.2) is 31.0 Å². The highest BCUT2D eigenvalue weighted by molar-refractivity contribution is 9.10. The van der Waals surface area contributed by atoms with Gasteiger partial charge < -0.3 is 10.2 Å². The van der Waals surface area contributed by atoms with E-state index in [0.717, 1.165) is 23.5 Å². The third-order valence-electron chi connectivity index (χ3n) is 2.35. The van der Waals surface area contributed by atoms with Crippen molar-refractivity contribution in [3.8, 4) is 12.3 Å². The molecular formula is C14H18BrN3. The largest absolute Gasteiger partial charge is 0.356 e. The Bertz CT molecular complexity index is 431. The first-order valence-electron chi connectivity index (χ1n) is 5.84. The van der Waals surface area contributed by atoms with Crippen LogP contribution in [0.25, 0.3) is 0 Å². The molecular weight excluding hydrogens is 290 g/mol. The zero-order chi connectivity index (χ0) is 13.4. The average Bonchev–Trinajstić information content (AvgIpc) is 2.37. The van der Waals surface area contributed by atoms with Gasteiger partial charge in [-0.15, -0.1) is 6.42 Å². The Morgan fingerprint density at radius 1 is 1.44 bits per heavy atom. The van der Waals surface area contributed by atoms with Crippen LogP contribution < -0.4 is 5.32 Å². The predicted octanol–water partition coefficient (Wildman–Crippen LogP) is 2.48. The number of rotatable bonds is 4. The molecule has 1 aromatic carbocycles. The first kappa shape index (κ1) is 14.6. The predicted molar refractivity (Wildman–Crippen MR) is 80.4 cm³/mol. The Balaban J connectivity index is 2.69. The van der Waals surface area contributed by atoms with E-state index in [0.29, 0.717) is 6.54 Å². The topological polar surface area (TPSA) is 27.6 Å². The van der Waals surface area contributed by atoms with Crippen molar-refractivity contribution in [2.24, 2.45) is 4.99 Å². The minimum atomic E-state index is 0.396. The number of nitrogens with zero attached hydrogens (tertiary/aromatic N) is 2. The van der Waals surface area contributed by atoms with E-state index in [1.54, 1.807) is 0 Å². The molecule has 1 aromatic rings. The molecule has 3 nitrogen and oxygen atoms in total. The summed E-state index contributed by atoms with van der Waals surface area (Å²) in [5, 5.41) is 3.22. The molecule has 1 N–H and O–H groups in total. The van der Waals surface area contributed by atoms with E-state index in [4.69, 9.17) is 6.42 Å². The monoisotopic (exact) mass is 307 g/mol. The van der Waals surface area contributed by atoms with E-state index < -0.39 is 0 Å². The Morgan fingerprint density at radius 3 is 2.67 bits per heavy atom. The summed E-state index contributed by atoms with van der Waals surface area (Å²) in [6.45, 7) is 4.06. The lowest BCUT2D eigenvalue weighted by molar-refractivity contribution is 0.478. The quantitative estimate of drug-likeness (QED) is 0.526. The number of terminal acetylenes is 1. The van der Waals surface area contributed by atoms with Gasteiger partial charge in [0.25, 0.3) is 0 Å². The zero-order valence-corrected chi connectivity index (χ0v) is 12.4. The van der Waals surface area contributed by atoms with E-state index in [2.05, 4.69) is 49.2 Å². The van der Waals surface area contributed by atoms with Crippen LogP contribution in [0.15, 0.2) is 33.7 Å². The van der Waals surface area contributed by atoms with Gasteiger partial charge in [0.1, 0.15) is 6.54 Å². The molecule has 1 rings (SSSR count). The van der Waals surface area contributed by atoms with Crippen LogP contribution in [-0.2, 0) is 6.54 Å². The van der Waals surface area contributed by atoms with Crippen molar-refractivity contribution >= 4 is 21.9 Å². The van der Waals surface area contributed by atoms with Crippen LogP contribution in [0.2, 0.25) is 0 Å². The van der Waals surface area contributed by atoms with Gasteiger partial charge in [0.05, 0.1) is 0 Å². The summed E-state index contributed by atoms with van der Waals surface area (Å²) in [5.41, 5.74) is 1.23. The number of guanidine groups is 1. The Kier molecular flexibility index (Phi) is 6.31. The van der Waals surface area contributed by atoms with Crippen LogP contribution in [0, 0.1) is 12.3 Å². The van der Waals surface area contributed by atoms with Gasteiger partial charge >= 0.3 is 0 Å². The fourth-order valence-electron chi connectivity index (χ4n) is 1.53. The van der Waals surface area contributed by atoms with Gasteiger partial charge in [0.2, 0.25) is 0 Å². The molecule has 0 aliphatic rings. The molecule has 0 aliphatic carbocycles. The van der Waals surface area contributed by atoms with Gasteiger partial charge in [-0.2, -0.15) is 0 Å². The van der Waals surface area contributed by atoms with Crippen molar-refractivity contribution in [1.29, 1.82) is 0 Å². The lowest BCUT2D eigenvalue weighted by Gasteiger charge is -2.21. The maximum absolute atomic E-state index is 5.23. The minimum Gasteiger partial charge on any atom is -0.356 e. The van der Waals surface area contributed by atoms with Gasteiger partial charge in [-0.1, -0.05) is 34.0 Å². The molecule has 0 aromatic heterocycles. The van der Waals surface area contributed by atoms with Crippen LogP contribution in [0.1, 0.15) is 12.5 Å². The molecule has 18 heavy (non-hydrogen) atoms. The number of halogens is 1. The average molecular weight is 308 g/mol. The lowest BCUT2D eigenvalue weighted by Crippen LogP contribution is -2.38. The lowest BCUT2D eigenvalue weighted by atomic mass is 10.2. The first-order valence-corrected chi connectivity index (χ1v) is 6.64. The second-order valence-corrected chi connectivity index (χ2v) is 4.77. The van der Waals surface area contributed by atoms with Crippen molar-refractivity contribution < 1.29 is 0 Å². The number of aliphatic imine (C=N–C) groups is 1. The summed E-state index contributed by atoms with van der Waals surface area (Å²) >= 11 is 3.43. The third-order valence-corrected chi connectivity index (χ3v) is 2.88. The minimum absolute atomic E-state index is 0.396. The molecule has 0 saturated carbocycles. The van der Waals surface area contributed by atoms with Crippen molar-refractivity contribution in [2.75, 3.05) is 20.1 Å². The van der Waals surface area contributed by atoms with Gasteiger partial charge in [-0.3, -0.25) is 0 Å². The maximum atomic E-state index is 5.23. The summed E-state index contributed by atoms with van der Waals surface area (Å²) < 4.78 is 1.09. The van der Waals surface area contributed by atoms with Crippen LogP contribution in [0.3, 0.4) is 0 Å². The maximum Gasteiger partial charge on any atom is 0.194 e. The summed E-state index contributed by atoms with van der Waals surface area (Å²) in [6.07, 6.45) is 5.23. The highest BCUT2D eigenvalue weighted by atomic mass is 79.9. The zero-order valence-electron chi connectivity index (χ0n) is 10.8. The Morgan fingerprint density at radius 2 is 2.11 bits per heavy atom. The fraction of sp³-hybridized carbons (Fsp3) is 0.357. The van der Waals surface area contributed by atoms with Crippen LogP contribution in [0.5, 0.6) is 0 Å². The molecule has 0 fully saturated rings. The van der Waals surface area contributed by atoms with E-state index in [1.807, 2.05) is 26.1 Å². The first-order chi connectivity index (χ1) is 8.67. The second-order valence-electron chi connectivity index (χ2n) is 3.86. The molecule has 0 heterocycles. The molecule has 96 valence electrons. The number of hydrogen-bond donors (Lipinski definition) is 1. The number of hydrogen-bond acceptors (Lipinski definition) is 1. The molecule has 0 unspecified atom stereocenters. The standard InChI is InChI=1S/C14H18BrN3/c1-4-10-17-14(16-5-2)18(3)11-12-6-8-13(15)9-7-12/h1,6-9H,5,10-11H2,2-3H3,(H,16,17). The molecule has 4 heteroatoms. The molecule has 0 aliphatic heterocycles. The van der Waals surface area contributed by atoms with Gasteiger partial charge in [-0.25, -0.2) is 4.99 Å². The van der Waals surface area contributed by atoms with E-state index >= 15 is 0 Å². The SMILES string of the molecule is C#CCN=C(NCC)N(C)Cc1ccc(Br)cc1. The summed E-state index contributed by atoms with van der Waals surface area (Å²) in [6, 6.07) is 8.25. The molecule has 0 amide bonds. The second kappa shape index (κ2) is 7.78. The smallest absolute Gasteiger partial charge is 0.194 e. The molecule has 0 atom stereocenters. The van der Waals surface area contributed by atoms with E-state index in [-0.39, 0.29) is 0 Å². The highest BCUT2D eigenvalue weighted by Gasteiger charge is 2.05. The van der Waals surface area contributed by atoms with Crippen molar-refractivity contribution in [2.45, 2.75) is 13.5 Å². The normalized spacial score (nSPS) is 10.9. The van der Waals surface area contributed by atoms with E-state index in [1.165, 1.54) is 5.56 Å². The summed E-state index contributed by atoms with van der Waals surface area (Å²) in [5.74, 6) is 3.35. The third kappa shape index (κ3) is 4.80. The number of benzene rings is 1. The van der Waals surface area contributed by atoms with Crippen molar-refractivity contribution in [3.05, 3.63) is 34.3 Å². The highest BCUT2D eigenvalue weighted by Crippen LogP contribution is 2.11.